The number of hydrogen-bond donors (Lipinski definition) is 2. The van der Waals surface area contributed by atoms with Crippen LogP contribution in [0.4, 0.5) is 0 Å². The molecule has 1 aromatic heterocycles. The SMILES string of the molecule is CCc1ccc2nc(CC3COCCN3)[nH]c2c1. The Morgan fingerprint density at radius 2 is 2.39 bits per heavy atom. The number of aromatic nitrogens is 2. The first-order valence-corrected chi connectivity index (χ1v) is 6.64. The van der Waals surface area contributed by atoms with E-state index < -0.39 is 0 Å². The zero-order valence-electron chi connectivity index (χ0n) is 10.7. The highest BCUT2D eigenvalue weighted by Crippen LogP contribution is 2.15. The van der Waals surface area contributed by atoms with Gasteiger partial charge in [0.2, 0.25) is 0 Å². The molecule has 2 aromatic rings. The number of benzene rings is 1. The minimum atomic E-state index is 0.380. The van der Waals surface area contributed by atoms with Crippen LogP contribution in [0.15, 0.2) is 18.2 Å². The quantitative estimate of drug-likeness (QED) is 0.864. The molecular formula is C14H19N3O. The molecule has 3 rings (SSSR count). The Morgan fingerprint density at radius 3 is 3.17 bits per heavy atom. The molecule has 1 aliphatic rings. The summed E-state index contributed by atoms with van der Waals surface area (Å²) >= 11 is 0. The van der Waals surface area contributed by atoms with E-state index in [2.05, 4.69) is 40.4 Å². The van der Waals surface area contributed by atoms with E-state index in [-0.39, 0.29) is 0 Å². The van der Waals surface area contributed by atoms with E-state index in [1.165, 1.54) is 5.56 Å². The first kappa shape index (κ1) is 11.7. The smallest absolute Gasteiger partial charge is 0.108 e. The average Bonchev–Trinajstić information content (AvgIpc) is 2.80. The zero-order valence-corrected chi connectivity index (χ0v) is 10.7. The van der Waals surface area contributed by atoms with E-state index in [4.69, 9.17) is 4.74 Å². The first-order chi connectivity index (χ1) is 8.85. The van der Waals surface area contributed by atoms with Crippen LogP contribution in [0.5, 0.6) is 0 Å². The van der Waals surface area contributed by atoms with Crippen LogP contribution in [0.1, 0.15) is 18.3 Å². The number of imidazole rings is 1. The highest BCUT2D eigenvalue weighted by atomic mass is 16.5. The molecule has 2 N–H and O–H groups in total. The Morgan fingerprint density at radius 1 is 1.44 bits per heavy atom. The van der Waals surface area contributed by atoms with Crippen LogP contribution in [0.2, 0.25) is 0 Å². The maximum atomic E-state index is 5.46. The van der Waals surface area contributed by atoms with Gasteiger partial charge >= 0.3 is 0 Å². The van der Waals surface area contributed by atoms with Crippen LogP contribution < -0.4 is 5.32 Å². The van der Waals surface area contributed by atoms with Crippen LogP contribution in [0.3, 0.4) is 0 Å². The van der Waals surface area contributed by atoms with Crippen LogP contribution in [0, 0.1) is 0 Å². The molecule has 0 amide bonds. The van der Waals surface area contributed by atoms with Gasteiger partial charge < -0.3 is 15.0 Å². The number of nitrogens with zero attached hydrogens (tertiary/aromatic N) is 1. The lowest BCUT2D eigenvalue weighted by molar-refractivity contribution is 0.0765. The van der Waals surface area contributed by atoms with Gasteiger partial charge in [-0.05, 0) is 24.1 Å². The summed E-state index contributed by atoms with van der Waals surface area (Å²) in [5.74, 6) is 1.04. The summed E-state index contributed by atoms with van der Waals surface area (Å²) < 4.78 is 5.46. The van der Waals surface area contributed by atoms with Gasteiger partial charge in [0.1, 0.15) is 5.82 Å². The second-order valence-electron chi connectivity index (χ2n) is 4.82. The van der Waals surface area contributed by atoms with Crippen molar-refractivity contribution in [3.63, 3.8) is 0 Å². The third-order valence-electron chi connectivity index (χ3n) is 3.44. The summed E-state index contributed by atoms with van der Waals surface area (Å²) in [5, 5.41) is 3.45. The lowest BCUT2D eigenvalue weighted by Crippen LogP contribution is -2.42. The molecule has 1 aliphatic heterocycles. The molecule has 0 bridgehead atoms. The third-order valence-corrected chi connectivity index (χ3v) is 3.44. The number of morpholine rings is 1. The number of aromatic amines is 1. The van der Waals surface area contributed by atoms with E-state index in [0.29, 0.717) is 6.04 Å². The molecule has 18 heavy (non-hydrogen) atoms. The molecule has 1 atom stereocenters. The first-order valence-electron chi connectivity index (χ1n) is 6.64. The van der Waals surface area contributed by atoms with Gasteiger partial charge in [-0.3, -0.25) is 0 Å². The van der Waals surface area contributed by atoms with Gasteiger partial charge in [-0.1, -0.05) is 13.0 Å². The minimum absolute atomic E-state index is 0.380. The average molecular weight is 245 g/mol. The molecule has 0 spiro atoms. The maximum Gasteiger partial charge on any atom is 0.108 e. The van der Waals surface area contributed by atoms with Crippen LogP contribution in [-0.2, 0) is 17.6 Å². The Bertz CT molecular complexity index is 529. The second kappa shape index (κ2) is 5.08. The summed E-state index contributed by atoms with van der Waals surface area (Å²) in [5.41, 5.74) is 3.54. The number of rotatable bonds is 3. The normalized spacial score (nSPS) is 20.4. The fourth-order valence-electron chi connectivity index (χ4n) is 2.41. The lowest BCUT2D eigenvalue weighted by atomic mass is 10.1. The van der Waals surface area contributed by atoms with E-state index in [1.54, 1.807) is 0 Å². The number of fused-ring (bicyclic) bond motifs is 1. The Labute approximate surface area is 107 Å². The summed E-state index contributed by atoms with van der Waals surface area (Å²) in [6, 6.07) is 6.81. The molecule has 1 unspecified atom stereocenters. The Balaban J connectivity index is 1.79. The molecule has 1 fully saturated rings. The Hall–Kier alpha value is -1.39. The number of nitrogens with one attached hydrogen (secondary N) is 2. The molecule has 4 heteroatoms. The van der Waals surface area contributed by atoms with Crippen molar-refractivity contribution in [3.8, 4) is 0 Å². The van der Waals surface area contributed by atoms with E-state index in [0.717, 1.165) is 49.5 Å². The molecule has 1 saturated heterocycles. The van der Waals surface area contributed by atoms with Crippen molar-refractivity contribution in [2.24, 2.45) is 0 Å². The number of ether oxygens (including phenoxy) is 1. The van der Waals surface area contributed by atoms with Gasteiger partial charge in [-0.25, -0.2) is 4.98 Å². The molecule has 0 aliphatic carbocycles. The van der Waals surface area contributed by atoms with Gasteiger partial charge in [-0.2, -0.15) is 0 Å². The molecular weight excluding hydrogens is 226 g/mol. The molecule has 4 nitrogen and oxygen atoms in total. The summed E-state index contributed by atoms with van der Waals surface area (Å²) in [4.78, 5) is 8.04. The van der Waals surface area contributed by atoms with Crippen molar-refractivity contribution < 1.29 is 4.74 Å². The van der Waals surface area contributed by atoms with E-state index >= 15 is 0 Å². The molecule has 1 aromatic carbocycles. The lowest BCUT2D eigenvalue weighted by Gasteiger charge is -2.22. The van der Waals surface area contributed by atoms with Gasteiger partial charge in [0, 0.05) is 19.0 Å². The maximum absolute atomic E-state index is 5.46. The number of H-pyrrole nitrogens is 1. The van der Waals surface area contributed by atoms with Crippen molar-refractivity contribution >= 4 is 11.0 Å². The standard InChI is InChI=1S/C14H19N3O/c1-2-10-3-4-12-13(7-10)17-14(16-12)8-11-9-18-6-5-15-11/h3-4,7,11,15H,2,5-6,8-9H2,1H3,(H,16,17). The molecule has 2 heterocycles. The minimum Gasteiger partial charge on any atom is -0.379 e. The van der Waals surface area contributed by atoms with Crippen LogP contribution in [0.25, 0.3) is 11.0 Å². The predicted octanol–water partition coefficient (Wildman–Crippen LogP) is 1.66. The highest BCUT2D eigenvalue weighted by molar-refractivity contribution is 5.75. The topological polar surface area (TPSA) is 49.9 Å². The van der Waals surface area contributed by atoms with Gasteiger partial charge in [0.15, 0.2) is 0 Å². The van der Waals surface area contributed by atoms with E-state index in [1.807, 2.05) is 0 Å². The predicted molar refractivity (Wildman–Crippen MR) is 71.8 cm³/mol. The number of hydrogen-bond acceptors (Lipinski definition) is 3. The highest BCUT2D eigenvalue weighted by Gasteiger charge is 2.15. The van der Waals surface area contributed by atoms with Gasteiger partial charge in [0.25, 0.3) is 0 Å². The van der Waals surface area contributed by atoms with Crippen LogP contribution in [-0.4, -0.2) is 35.8 Å². The monoisotopic (exact) mass is 245 g/mol. The van der Waals surface area contributed by atoms with Crippen molar-refractivity contribution in [1.82, 2.24) is 15.3 Å². The largest absolute Gasteiger partial charge is 0.379 e. The molecule has 0 saturated carbocycles. The third kappa shape index (κ3) is 2.40. The van der Waals surface area contributed by atoms with Crippen molar-refractivity contribution in [2.75, 3.05) is 19.8 Å². The molecule has 0 radical (unpaired) electrons. The zero-order chi connectivity index (χ0) is 12.4. The van der Waals surface area contributed by atoms with Crippen molar-refractivity contribution in [2.45, 2.75) is 25.8 Å². The van der Waals surface area contributed by atoms with E-state index in [9.17, 15) is 0 Å². The number of aryl methyl sites for hydroxylation is 1. The van der Waals surface area contributed by atoms with Gasteiger partial charge in [0.05, 0.1) is 24.2 Å². The van der Waals surface area contributed by atoms with Crippen molar-refractivity contribution in [3.05, 3.63) is 29.6 Å². The Kier molecular flexibility index (Phi) is 3.30. The second-order valence-corrected chi connectivity index (χ2v) is 4.82. The fourth-order valence-corrected chi connectivity index (χ4v) is 2.41. The van der Waals surface area contributed by atoms with Crippen molar-refractivity contribution in [1.29, 1.82) is 0 Å². The summed E-state index contributed by atoms with van der Waals surface area (Å²) in [7, 11) is 0. The van der Waals surface area contributed by atoms with Crippen LogP contribution >= 0.6 is 0 Å². The molecule has 96 valence electrons. The fraction of sp³-hybridized carbons (Fsp3) is 0.500. The van der Waals surface area contributed by atoms with Gasteiger partial charge in [-0.15, -0.1) is 0 Å². The summed E-state index contributed by atoms with van der Waals surface area (Å²) in [6.45, 7) is 4.69. The summed E-state index contributed by atoms with van der Waals surface area (Å²) in [6.07, 6.45) is 1.96.